The fourth-order valence-corrected chi connectivity index (χ4v) is 1.98. The molecule has 0 saturated carbocycles. The molecule has 0 radical (unpaired) electrons. The third-order valence-corrected chi connectivity index (χ3v) is 3.19. The van der Waals surface area contributed by atoms with E-state index in [1.165, 1.54) is 25.3 Å². The summed E-state index contributed by atoms with van der Waals surface area (Å²) >= 11 is 5.66. The first-order valence-corrected chi connectivity index (χ1v) is 6.45. The number of esters is 1. The molecule has 0 heterocycles. The Labute approximate surface area is 126 Å². The van der Waals surface area contributed by atoms with E-state index >= 15 is 0 Å². The third-order valence-electron chi connectivity index (χ3n) is 2.90. The summed E-state index contributed by atoms with van der Waals surface area (Å²) in [6.07, 6.45) is 0. The molecule has 110 valence electrons. The molecule has 0 aliphatic carbocycles. The molecule has 0 saturated heterocycles. The molecule has 0 amide bonds. The molecule has 0 aliphatic rings. The number of rotatable bonds is 4. The maximum absolute atomic E-state index is 13.7. The summed E-state index contributed by atoms with van der Waals surface area (Å²) in [7, 11) is 1.45. The molecule has 0 spiro atoms. The summed E-state index contributed by atoms with van der Waals surface area (Å²) in [5, 5.41) is -0.0237. The minimum absolute atomic E-state index is 0.0237. The predicted octanol–water partition coefficient (Wildman–Crippen LogP) is 3.43. The van der Waals surface area contributed by atoms with E-state index in [1.807, 2.05) is 0 Å². The lowest BCUT2D eigenvalue weighted by atomic mass is 10.1. The highest BCUT2D eigenvalue weighted by Gasteiger charge is 2.15. The summed E-state index contributed by atoms with van der Waals surface area (Å²) in [5.41, 5.74) is 6.33. The number of nitrogen functional groups attached to an aromatic ring is 1. The van der Waals surface area contributed by atoms with Gasteiger partial charge < -0.3 is 15.2 Å². The standard InChI is InChI=1S/C15H13ClFNO3/c1-20-12-7-3-5-10(14(12)18)15(19)21-8-9-4-2-6-11(16)13(9)17/h2-7H,8,18H2,1H3. The van der Waals surface area contributed by atoms with Crippen LogP contribution in [0.3, 0.4) is 0 Å². The predicted molar refractivity (Wildman–Crippen MR) is 77.9 cm³/mol. The van der Waals surface area contributed by atoms with Crippen LogP contribution in [0.4, 0.5) is 10.1 Å². The highest BCUT2D eigenvalue weighted by Crippen LogP contribution is 2.26. The molecule has 21 heavy (non-hydrogen) atoms. The number of nitrogens with two attached hydrogens (primary N) is 1. The zero-order valence-corrected chi connectivity index (χ0v) is 12.0. The first kappa shape index (κ1) is 15.1. The van der Waals surface area contributed by atoms with Crippen LogP contribution in [0, 0.1) is 5.82 Å². The van der Waals surface area contributed by atoms with Crippen LogP contribution in [0.25, 0.3) is 0 Å². The fraction of sp³-hybridized carbons (Fsp3) is 0.133. The summed E-state index contributed by atoms with van der Waals surface area (Å²) in [6.45, 7) is -0.234. The van der Waals surface area contributed by atoms with E-state index in [4.69, 9.17) is 26.8 Å². The number of para-hydroxylation sites is 1. The van der Waals surface area contributed by atoms with Crippen molar-refractivity contribution in [1.82, 2.24) is 0 Å². The Morgan fingerprint density at radius 1 is 1.29 bits per heavy atom. The number of methoxy groups -OCH3 is 1. The van der Waals surface area contributed by atoms with Crippen molar-refractivity contribution < 1.29 is 18.7 Å². The highest BCUT2D eigenvalue weighted by molar-refractivity contribution is 6.30. The van der Waals surface area contributed by atoms with Gasteiger partial charge in [-0.3, -0.25) is 0 Å². The van der Waals surface area contributed by atoms with Crippen LogP contribution in [0.5, 0.6) is 5.75 Å². The lowest BCUT2D eigenvalue weighted by Gasteiger charge is -2.10. The van der Waals surface area contributed by atoms with Gasteiger partial charge in [0.1, 0.15) is 18.2 Å². The lowest BCUT2D eigenvalue weighted by molar-refractivity contribution is 0.0470. The van der Waals surface area contributed by atoms with E-state index in [2.05, 4.69) is 0 Å². The third kappa shape index (κ3) is 3.25. The number of carbonyl (C=O) groups is 1. The molecule has 0 unspecified atom stereocenters. The molecule has 0 aromatic heterocycles. The van der Waals surface area contributed by atoms with Gasteiger partial charge in [0, 0.05) is 5.56 Å². The van der Waals surface area contributed by atoms with Crippen molar-refractivity contribution >= 4 is 23.3 Å². The first-order valence-electron chi connectivity index (χ1n) is 6.07. The van der Waals surface area contributed by atoms with Gasteiger partial charge in [0.2, 0.25) is 0 Å². The van der Waals surface area contributed by atoms with Gasteiger partial charge in [0.05, 0.1) is 23.4 Å². The zero-order valence-electron chi connectivity index (χ0n) is 11.2. The molecule has 0 fully saturated rings. The van der Waals surface area contributed by atoms with Crippen molar-refractivity contribution in [2.24, 2.45) is 0 Å². The van der Waals surface area contributed by atoms with E-state index in [9.17, 15) is 9.18 Å². The Kier molecular flexibility index (Phi) is 4.65. The van der Waals surface area contributed by atoms with Crippen LogP contribution in [0.1, 0.15) is 15.9 Å². The zero-order chi connectivity index (χ0) is 15.4. The molecule has 0 aliphatic heterocycles. The van der Waals surface area contributed by atoms with Gasteiger partial charge in [-0.15, -0.1) is 0 Å². The van der Waals surface area contributed by atoms with Crippen LogP contribution in [0.2, 0.25) is 5.02 Å². The van der Waals surface area contributed by atoms with Gasteiger partial charge >= 0.3 is 5.97 Å². The number of benzene rings is 2. The fourth-order valence-electron chi connectivity index (χ4n) is 1.78. The van der Waals surface area contributed by atoms with Gasteiger partial charge in [-0.25, -0.2) is 9.18 Å². The van der Waals surface area contributed by atoms with E-state index in [-0.39, 0.29) is 28.4 Å². The average molecular weight is 310 g/mol. The number of ether oxygens (including phenoxy) is 2. The van der Waals surface area contributed by atoms with Gasteiger partial charge in [0.25, 0.3) is 0 Å². The van der Waals surface area contributed by atoms with Crippen molar-refractivity contribution in [3.63, 3.8) is 0 Å². The Balaban J connectivity index is 2.14. The largest absolute Gasteiger partial charge is 0.495 e. The molecule has 2 N–H and O–H groups in total. The van der Waals surface area contributed by atoms with Crippen molar-refractivity contribution in [3.05, 3.63) is 58.4 Å². The van der Waals surface area contributed by atoms with Crippen molar-refractivity contribution in [2.75, 3.05) is 12.8 Å². The van der Waals surface area contributed by atoms with E-state index in [1.54, 1.807) is 18.2 Å². The number of carbonyl (C=O) groups excluding carboxylic acids is 1. The summed E-state index contributed by atoms with van der Waals surface area (Å²) in [4.78, 5) is 12.0. The number of hydrogen-bond acceptors (Lipinski definition) is 4. The second kappa shape index (κ2) is 6.45. The maximum atomic E-state index is 13.7. The Bertz CT molecular complexity index is 676. The summed E-state index contributed by atoms with van der Waals surface area (Å²) in [6, 6.07) is 9.24. The number of anilines is 1. The summed E-state index contributed by atoms with van der Waals surface area (Å²) < 4.78 is 23.8. The SMILES string of the molecule is COc1cccc(C(=O)OCc2cccc(Cl)c2F)c1N. The molecule has 2 aromatic carbocycles. The first-order chi connectivity index (χ1) is 10.0. The topological polar surface area (TPSA) is 61.5 Å². The average Bonchev–Trinajstić information content (AvgIpc) is 2.48. The van der Waals surface area contributed by atoms with Crippen LogP contribution < -0.4 is 10.5 Å². The van der Waals surface area contributed by atoms with Crippen LogP contribution in [-0.4, -0.2) is 13.1 Å². The van der Waals surface area contributed by atoms with Gasteiger partial charge in [-0.2, -0.15) is 0 Å². The smallest absolute Gasteiger partial charge is 0.340 e. The van der Waals surface area contributed by atoms with Crippen LogP contribution >= 0.6 is 11.6 Å². The van der Waals surface area contributed by atoms with Crippen LogP contribution in [-0.2, 0) is 11.3 Å². The second-order valence-electron chi connectivity index (χ2n) is 4.21. The Morgan fingerprint density at radius 3 is 2.71 bits per heavy atom. The number of hydrogen-bond donors (Lipinski definition) is 1. The second-order valence-corrected chi connectivity index (χ2v) is 4.62. The monoisotopic (exact) mass is 309 g/mol. The van der Waals surface area contributed by atoms with E-state index in [0.29, 0.717) is 5.75 Å². The van der Waals surface area contributed by atoms with Gasteiger partial charge in [0.15, 0.2) is 0 Å². The molecule has 2 aromatic rings. The van der Waals surface area contributed by atoms with Crippen LogP contribution in [0.15, 0.2) is 36.4 Å². The Morgan fingerprint density at radius 2 is 2.00 bits per heavy atom. The molecule has 2 rings (SSSR count). The van der Waals surface area contributed by atoms with Crippen molar-refractivity contribution in [2.45, 2.75) is 6.61 Å². The maximum Gasteiger partial charge on any atom is 0.340 e. The number of halogens is 2. The minimum atomic E-state index is -0.661. The van der Waals surface area contributed by atoms with Gasteiger partial charge in [-0.05, 0) is 18.2 Å². The normalized spacial score (nSPS) is 10.2. The van der Waals surface area contributed by atoms with E-state index in [0.717, 1.165) is 0 Å². The summed E-state index contributed by atoms with van der Waals surface area (Å²) in [5.74, 6) is -0.894. The highest BCUT2D eigenvalue weighted by atomic mass is 35.5. The molecule has 0 atom stereocenters. The quantitative estimate of drug-likeness (QED) is 0.694. The van der Waals surface area contributed by atoms with Crippen molar-refractivity contribution in [1.29, 1.82) is 0 Å². The van der Waals surface area contributed by atoms with Gasteiger partial charge in [-0.1, -0.05) is 29.8 Å². The molecular weight excluding hydrogens is 297 g/mol. The molecular formula is C15H13ClFNO3. The minimum Gasteiger partial charge on any atom is -0.495 e. The Hall–Kier alpha value is -2.27. The lowest BCUT2D eigenvalue weighted by Crippen LogP contribution is -2.09. The molecule has 6 heteroatoms. The van der Waals surface area contributed by atoms with Crippen molar-refractivity contribution in [3.8, 4) is 5.75 Å². The molecule has 0 bridgehead atoms. The molecule has 4 nitrogen and oxygen atoms in total. The van der Waals surface area contributed by atoms with E-state index < -0.39 is 11.8 Å².